The third-order valence-electron chi connectivity index (χ3n) is 16.1. The van der Waals surface area contributed by atoms with Gasteiger partial charge in [-0.2, -0.15) is 43.0 Å². The Hall–Kier alpha value is -5.27. The number of rotatable bonds is 19. The van der Waals surface area contributed by atoms with Crippen molar-refractivity contribution in [2.45, 2.75) is 153 Å². The van der Waals surface area contributed by atoms with Crippen molar-refractivity contribution in [1.29, 1.82) is 0 Å². The van der Waals surface area contributed by atoms with E-state index < -0.39 is 18.4 Å². The summed E-state index contributed by atoms with van der Waals surface area (Å²) in [7, 11) is 0. The molecule has 0 aliphatic heterocycles. The highest BCUT2D eigenvalue weighted by Crippen LogP contribution is 2.29. The van der Waals surface area contributed by atoms with Crippen molar-refractivity contribution in [3.05, 3.63) is 209 Å². The van der Waals surface area contributed by atoms with E-state index in [0.29, 0.717) is 0 Å². The molecule has 0 aliphatic carbocycles. The molecule has 0 unspecified atom stereocenters. The molecule has 358 valence electrons. The number of hydrogen-bond acceptors (Lipinski definition) is 0. The first-order valence-corrected chi connectivity index (χ1v) is 26.9. The number of aryl methyl sites for hydroxylation is 6. The van der Waals surface area contributed by atoms with Gasteiger partial charge in [0.25, 0.3) is 0 Å². The van der Waals surface area contributed by atoms with Gasteiger partial charge in [0.05, 0.1) is 18.4 Å². The first-order chi connectivity index (χ1) is 32.9. The topological polar surface area (TPSA) is 0 Å². The molecule has 68 heavy (non-hydrogen) atoms. The van der Waals surface area contributed by atoms with Crippen LogP contribution in [0.3, 0.4) is 0 Å². The number of hydrogen-bond donors (Lipinski definition) is 0. The molecule has 7 aromatic rings. The van der Waals surface area contributed by atoms with Gasteiger partial charge in [-0.3, -0.25) is 0 Å². The summed E-state index contributed by atoms with van der Waals surface area (Å²) in [5.74, 6) is 0. The zero-order valence-corrected chi connectivity index (χ0v) is 44.5. The molecule has 0 bridgehead atoms. The molecular formula is C65H86B3-3. The van der Waals surface area contributed by atoms with Gasteiger partial charge >= 0.3 is 0 Å². The van der Waals surface area contributed by atoms with Gasteiger partial charge in [-0.25, -0.2) is 27.3 Å². The second-order valence-electron chi connectivity index (χ2n) is 21.0. The molecule has 0 saturated heterocycles. The molecule has 7 aromatic carbocycles. The van der Waals surface area contributed by atoms with E-state index in [1.54, 1.807) is 21.9 Å². The lowest BCUT2D eigenvalue weighted by molar-refractivity contribution is 0.836. The van der Waals surface area contributed by atoms with E-state index in [4.69, 9.17) is 0 Å². The Balaban J connectivity index is 0.000000193. The molecule has 0 amide bonds. The summed E-state index contributed by atoms with van der Waals surface area (Å²) in [4.78, 5) is 0. The summed E-state index contributed by atoms with van der Waals surface area (Å²) in [5.41, 5.74) is 19.3. The van der Waals surface area contributed by atoms with Crippen LogP contribution in [0.15, 0.2) is 176 Å². The zero-order chi connectivity index (χ0) is 49.0. The van der Waals surface area contributed by atoms with Crippen LogP contribution in [-0.2, 0) is 0 Å². The lowest BCUT2D eigenvalue weighted by atomic mass is 9.13. The van der Waals surface area contributed by atoms with E-state index in [0.717, 1.165) is 0 Å². The first kappa shape index (κ1) is 53.7. The normalized spacial score (nSPS) is 11.6. The van der Waals surface area contributed by atoms with Crippen molar-refractivity contribution in [2.75, 3.05) is 0 Å². The van der Waals surface area contributed by atoms with Crippen LogP contribution in [0.2, 0.25) is 32.1 Å². The van der Waals surface area contributed by atoms with Crippen LogP contribution < -0.4 is 38.2 Å². The predicted molar refractivity (Wildman–Crippen MR) is 313 cm³/mol. The van der Waals surface area contributed by atoms with Gasteiger partial charge < -0.3 is 0 Å². The van der Waals surface area contributed by atoms with Crippen molar-refractivity contribution >= 4 is 56.7 Å². The van der Waals surface area contributed by atoms with Gasteiger partial charge in [0, 0.05) is 0 Å². The van der Waals surface area contributed by atoms with Crippen LogP contribution in [0.5, 0.6) is 0 Å². The van der Waals surface area contributed by atoms with Crippen molar-refractivity contribution < 1.29 is 0 Å². The fourth-order valence-electron chi connectivity index (χ4n) is 12.9. The van der Waals surface area contributed by atoms with Crippen molar-refractivity contribution in [2.24, 2.45) is 0 Å². The monoisotopic (exact) mass is 900 g/mol. The van der Waals surface area contributed by atoms with Gasteiger partial charge in [0.15, 0.2) is 0 Å². The van der Waals surface area contributed by atoms with Crippen molar-refractivity contribution in [3.63, 3.8) is 0 Å². The predicted octanol–water partition coefficient (Wildman–Crippen LogP) is 14.3. The molecular weight excluding hydrogens is 813 g/mol. The average molecular weight is 900 g/mol. The van der Waals surface area contributed by atoms with Crippen LogP contribution in [0.1, 0.15) is 112 Å². The third-order valence-corrected chi connectivity index (χ3v) is 16.1. The van der Waals surface area contributed by atoms with E-state index in [2.05, 4.69) is 252 Å². The van der Waals surface area contributed by atoms with E-state index in [-0.39, 0.29) is 0 Å². The molecule has 0 atom stereocenters. The molecule has 0 aliphatic rings. The second kappa shape index (κ2) is 26.5. The van der Waals surface area contributed by atoms with Gasteiger partial charge in [0.1, 0.15) is 0 Å². The molecule has 0 heterocycles. The fourth-order valence-corrected chi connectivity index (χ4v) is 12.9. The third kappa shape index (κ3) is 13.1. The van der Waals surface area contributed by atoms with E-state index >= 15 is 0 Å². The second-order valence-corrected chi connectivity index (χ2v) is 21.0. The molecule has 0 spiro atoms. The summed E-state index contributed by atoms with van der Waals surface area (Å²) in [6, 6.07) is 64.5. The molecule has 0 saturated carbocycles. The van der Waals surface area contributed by atoms with Crippen molar-refractivity contribution in [3.8, 4) is 0 Å². The summed E-state index contributed by atoms with van der Waals surface area (Å²) in [6.07, 6.45) is 13.3. The Morgan fingerprint density at radius 2 is 0.515 bits per heavy atom. The standard InChI is InChI=1S/C26H40B.C20H28B.C19H18B/c1-9-11-13-27(14-12-10-2,25-21(5)15-19(3)16-22(25)6)26-23(7)17-20(4)18-24(26)8;1-3-5-17-21(18-6-4-2,19-13-9-7-10-14-19)20-15-11-8-12-16-20;1-20(17-11-5-2-6-12-17,18-13-7-3-8-14-18)19-15-9-4-10-16-19/h15-18H,9-14H2,1-8H3;7-16H,3-6,17-18H2,1-2H3;2-16H,1H3/q3*-1. The SMILES string of the molecule is CCCC[B-](CCCC)(c1c(C)cc(C)cc1C)c1c(C)cc(C)cc1C.CCCC[B-](CCCC)(c1ccccc1)c1ccccc1.C[B-](c1ccccc1)(c1ccccc1)c1ccccc1. The largest absolute Gasteiger partial charge is 0.205 e. The quantitative estimate of drug-likeness (QED) is 0.0710. The maximum atomic E-state index is 2.41. The first-order valence-electron chi connectivity index (χ1n) is 26.9. The highest BCUT2D eigenvalue weighted by atomic mass is 14.2. The van der Waals surface area contributed by atoms with Gasteiger partial charge in [-0.05, 0) is 41.5 Å². The van der Waals surface area contributed by atoms with Crippen LogP contribution in [0.25, 0.3) is 0 Å². The van der Waals surface area contributed by atoms with Crippen LogP contribution in [0.4, 0.5) is 0 Å². The average Bonchev–Trinajstić information content (AvgIpc) is 3.36. The fraction of sp³-hybridized carbons (Fsp3) is 0.354. The summed E-state index contributed by atoms with van der Waals surface area (Å²) in [6.45, 7) is 25.5. The molecule has 3 heteroatoms. The highest BCUT2D eigenvalue weighted by Gasteiger charge is 2.32. The molecule has 7 rings (SSSR count). The minimum atomic E-state index is -0.912. The number of benzene rings is 7. The van der Waals surface area contributed by atoms with Gasteiger partial charge in [0.2, 0.25) is 0 Å². The lowest BCUT2D eigenvalue weighted by Gasteiger charge is -2.47. The molecule has 0 aromatic heterocycles. The Kier molecular flexibility index (Phi) is 20.9. The lowest BCUT2D eigenvalue weighted by Crippen LogP contribution is -2.64. The number of unbranched alkanes of at least 4 members (excludes halogenated alkanes) is 4. The van der Waals surface area contributed by atoms with Crippen LogP contribution >= 0.6 is 0 Å². The minimum Gasteiger partial charge on any atom is -0.205 e. The van der Waals surface area contributed by atoms with E-state index in [1.165, 1.54) is 126 Å². The molecule has 0 fully saturated rings. The maximum Gasteiger partial charge on any atom is 0.0787 e. The Morgan fingerprint density at radius 3 is 0.750 bits per heavy atom. The smallest absolute Gasteiger partial charge is 0.0787 e. The van der Waals surface area contributed by atoms with Crippen molar-refractivity contribution in [1.82, 2.24) is 0 Å². The van der Waals surface area contributed by atoms with Gasteiger partial charge in [-0.1, -0.05) is 288 Å². The van der Waals surface area contributed by atoms with Gasteiger partial charge in [-0.15, -0.1) is 0 Å². The molecule has 0 nitrogen and oxygen atoms in total. The molecule has 0 N–H and O–H groups in total. The maximum absolute atomic E-state index is 2.41. The Morgan fingerprint density at radius 1 is 0.294 bits per heavy atom. The van der Waals surface area contributed by atoms with Crippen LogP contribution in [0, 0.1) is 41.5 Å². The highest BCUT2D eigenvalue weighted by molar-refractivity contribution is 7.10. The summed E-state index contributed by atoms with van der Waals surface area (Å²) in [5, 5.41) is 0. The Bertz CT molecular complexity index is 2250. The summed E-state index contributed by atoms with van der Waals surface area (Å²) >= 11 is 0. The minimum absolute atomic E-state index is 0.611. The van der Waals surface area contributed by atoms with E-state index in [9.17, 15) is 0 Å². The van der Waals surface area contributed by atoms with Crippen LogP contribution in [-0.4, -0.2) is 18.4 Å². The Labute approximate surface area is 416 Å². The summed E-state index contributed by atoms with van der Waals surface area (Å²) < 4.78 is 0. The van der Waals surface area contributed by atoms with E-state index in [1.807, 2.05) is 0 Å². The zero-order valence-electron chi connectivity index (χ0n) is 44.5. The molecule has 0 radical (unpaired) electrons.